The molecule has 0 aliphatic heterocycles. The van der Waals surface area contributed by atoms with Crippen molar-refractivity contribution < 1.29 is 4.52 Å². The number of aryl methyl sites for hydroxylation is 1. The highest BCUT2D eigenvalue weighted by molar-refractivity contribution is 6.16. The SMILES string of the molecule is Cc1cnc(-c2noc(CCl)n2)nc1. The summed E-state index contributed by atoms with van der Waals surface area (Å²) in [6.07, 6.45) is 3.39. The van der Waals surface area contributed by atoms with Crippen LogP contribution in [0.1, 0.15) is 11.5 Å². The van der Waals surface area contributed by atoms with Crippen molar-refractivity contribution in [2.75, 3.05) is 0 Å². The summed E-state index contributed by atoms with van der Waals surface area (Å²) in [5, 5.41) is 3.69. The second-order valence-electron chi connectivity index (χ2n) is 2.73. The largest absolute Gasteiger partial charge is 0.338 e. The standard InChI is InChI=1S/C8H7ClN4O/c1-5-3-10-7(11-4-5)8-12-6(2-9)14-13-8/h3-4H,2H2,1H3. The van der Waals surface area contributed by atoms with Gasteiger partial charge in [-0.15, -0.1) is 11.6 Å². The van der Waals surface area contributed by atoms with Crippen molar-refractivity contribution in [2.24, 2.45) is 0 Å². The average Bonchev–Trinajstić information content (AvgIpc) is 2.67. The number of aromatic nitrogens is 4. The third-order valence-electron chi connectivity index (χ3n) is 1.56. The Hall–Kier alpha value is -1.49. The lowest BCUT2D eigenvalue weighted by atomic mass is 10.4. The van der Waals surface area contributed by atoms with Gasteiger partial charge in [0.2, 0.25) is 17.5 Å². The van der Waals surface area contributed by atoms with Gasteiger partial charge in [-0.2, -0.15) is 4.98 Å². The lowest BCUT2D eigenvalue weighted by Crippen LogP contribution is -1.90. The maximum absolute atomic E-state index is 5.52. The number of halogens is 1. The molecule has 0 amide bonds. The maximum atomic E-state index is 5.52. The zero-order valence-electron chi connectivity index (χ0n) is 7.44. The summed E-state index contributed by atoms with van der Waals surface area (Å²) in [5.74, 6) is 1.36. The van der Waals surface area contributed by atoms with E-state index in [0.717, 1.165) is 5.56 Å². The van der Waals surface area contributed by atoms with Gasteiger partial charge in [0.1, 0.15) is 5.88 Å². The van der Waals surface area contributed by atoms with Crippen LogP contribution in [0, 0.1) is 6.92 Å². The van der Waals surface area contributed by atoms with Crippen LogP contribution in [-0.4, -0.2) is 20.1 Å². The number of alkyl halides is 1. The van der Waals surface area contributed by atoms with E-state index in [1.54, 1.807) is 12.4 Å². The van der Waals surface area contributed by atoms with E-state index in [-0.39, 0.29) is 5.88 Å². The third kappa shape index (κ3) is 1.72. The molecule has 0 atom stereocenters. The van der Waals surface area contributed by atoms with Crippen LogP contribution in [-0.2, 0) is 5.88 Å². The molecule has 0 fully saturated rings. The smallest absolute Gasteiger partial charge is 0.241 e. The fourth-order valence-corrected chi connectivity index (χ4v) is 1.02. The molecule has 2 aromatic heterocycles. The molecule has 0 aromatic carbocycles. The molecule has 0 aliphatic carbocycles. The van der Waals surface area contributed by atoms with E-state index in [9.17, 15) is 0 Å². The summed E-state index contributed by atoms with van der Waals surface area (Å²) >= 11 is 5.52. The fourth-order valence-electron chi connectivity index (χ4n) is 0.908. The minimum absolute atomic E-state index is 0.193. The first kappa shape index (κ1) is 9.08. The van der Waals surface area contributed by atoms with Crippen LogP contribution in [0.5, 0.6) is 0 Å². The van der Waals surface area contributed by atoms with E-state index in [0.29, 0.717) is 17.5 Å². The molecule has 0 saturated carbocycles. The van der Waals surface area contributed by atoms with Gasteiger partial charge in [0, 0.05) is 12.4 Å². The molecule has 2 rings (SSSR count). The summed E-state index contributed by atoms with van der Waals surface area (Å²) < 4.78 is 4.83. The minimum atomic E-state index is 0.193. The van der Waals surface area contributed by atoms with Crippen LogP contribution in [0.25, 0.3) is 11.6 Å². The summed E-state index contributed by atoms with van der Waals surface area (Å²) in [6.45, 7) is 1.91. The Morgan fingerprint density at radius 1 is 1.29 bits per heavy atom. The van der Waals surface area contributed by atoms with Crippen molar-refractivity contribution in [2.45, 2.75) is 12.8 Å². The molecule has 6 heteroatoms. The van der Waals surface area contributed by atoms with Gasteiger partial charge in [-0.25, -0.2) is 9.97 Å². The zero-order valence-corrected chi connectivity index (χ0v) is 8.19. The summed E-state index contributed by atoms with van der Waals surface area (Å²) in [7, 11) is 0. The monoisotopic (exact) mass is 210 g/mol. The first-order valence-electron chi connectivity index (χ1n) is 3.97. The van der Waals surface area contributed by atoms with Crippen LogP contribution in [0.15, 0.2) is 16.9 Å². The van der Waals surface area contributed by atoms with Crippen LogP contribution in [0.4, 0.5) is 0 Å². The highest BCUT2D eigenvalue weighted by Gasteiger charge is 2.09. The van der Waals surface area contributed by atoms with Gasteiger partial charge in [0.25, 0.3) is 0 Å². The Morgan fingerprint density at radius 3 is 2.57 bits per heavy atom. The van der Waals surface area contributed by atoms with E-state index in [2.05, 4.69) is 20.1 Å². The normalized spacial score (nSPS) is 10.4. The third-order valence-corrected chi connectivity index (χ3v) is 1.79. The molecule has 0 spiro atoms. The Balaban J connectivity index is 2.34. The quantitative estimate of drug-likeness (QED) is 0.704. The molecule has 72 valence electrons. The van der Waals surface area contributed by atoms with Crippen molar-refractivity contribution in [1.29, 1.82) is 0 Å². The maximum Gasteiger partial charge on any atom is 0.241 e. The van der Waals surface area contributed by atoms with Crippen molar-refractivity contribution in [3.05, 3.63) is 23.8 Å². The predicted molar refractivity (Wildman–Crippen MR) is 49.6 cm³/mol. The molecule has 0 N–H and O–H groups in total. The molecular formula is C8H7ClN4O. The molecule has 5 nitrogen and oxygen atoms in total. The molecule has 0 saturated heterocycles. The van der Waals surface area contributed by atoms with Gasteiger partial charge in [0.15, 0.2) is 0 Å². The second kappa shape index (κ2) is 3.71. The first-order chi connectivity index (χ1) is 6.79. The van der Waals surface area contributed by atoms with Crippen molar-refractivity contribution in [3.8, 4) is 11.6 Å². The van der Waals surface area contributed by atoms with Crippen molar-refractivity contribution >= 4 is 11.6 Å². The van der Waals surface area contributed by atoms with Crippen LogP contribution in [0.2, 0.25) is 0 Å². The predicted octanol–water partition coefficient (Wildman–Crippen LogP) is 1.57. The van der Waals surface area contributed by atoms with Crippen molar-refractivity contribution in [3.63, 3.8) is 0 Å². The van der Waals surface area contributed by atoms with Crippen LogP contribution >= 0.6 is 11.6 Å². The van der Waals surface area contributed by atoms with Crippen LogP contribution in [0.3, 0.4) is 0 Å². The Kier molecular flexibility index (Phi) is 2.41. The van der Waals surface area contributed by atoms with E-state index in [1.165, 1.54) is 0 Å². The van der Waals surface area contributed by atoms with Gasteiger partial charge in [-0.1, -0.05) is 5.16 Å². The van der Waals surface area contributed by atoms with Crippen molar-refractivity contribution in [1.82, 2.24) is 20.1 Å². The summed E-state index contributed by atoms with van der Waals surface area (Å²) in [6, 6.07) is 0. The van der Waals surface area contributed by atoms with Gasteiger partial charge in [-0.05, 0) is 12.5 Å². The topological polar surface area (TPSA) is 64.7 Å². The first-order valence-corrected chi connectivity index (χ1v) is 4.50. The minimum Gasteiger partial charge on any atom is -0.338 e. The second-order valence-corrected chi connectivity index (χ2v) is 3.00. The summed E-state index contributed by atoms with van der Waals surface area (Å²) in [4.78, 5) is 12.1. The molecule has 14 heavy (non-hydrogen) atoms. The summed E-state index contributed by atoms with van der Waals surface area (Å²) in [5.41, 5.74) is 0.981. The van der Waals surface area contributed by atoms with Gasteiger partial charge >= 0.3 is 0 Å². The van der Waals surface area contributed by atoms with E-state index in [4.69, 9.17) is 16.1 Å². The van der Waals surface area contributed by atoms with E-state index in [1.807, 2.05) is 6.92 Å². The lowest BCUT2D eigenvalue weighted by molar-refractivity contribution is 0.390. The Labute approximate surface area is 85.1 Å². The molecule has 2 heterocycles. The molecule has 0 bridgehead atoms. The molecule has 0 aliphatic rings. The average molecular weight is 211 g/mol. The number of rotatable bonds is 2. The molecular weight excluding hydrogens is 204 g/mol. The zero-order chi connectivity index (χ0) is 9.97. The van der Waals surface area contributed by atoms with Crippen LogP contribution < -0.4 is 0 Å². The van der Waals surface area contributed by atoms with E-state index >= 15 is 0 Å². The van der Waals surface area contributed by atoms with Gasteiger partial charge < -0.3 is 4.52 Å². The number of nitrogens with zero attached hydrogens (tertiary/aromatic N) is 4. The Morgan fingerprint density at radius 2 is 2.00 bits per heavy atom. The Bertz CT molecular complexity index is 425. The lowest BCUT2D eigenvalue weighted by Gasteiger charge is -1.92. The molecule has 2 aromatic rings. The molecule has 0 unspecified atom stereocenters. The van der Waals surface area contributed by atoms with Gasteiger partial charge in [0.05, 0.1) is 0 Å². The number of hydrogen-bond acceptors (Lipinski definition) is 5. The van der Waals surface area contributed by atoms with Gasteiger partial charge in [-0.3, -0.25) is 0 Å². The highest BCUT2D eigenvalue weighted by Crippen LogP contribution is 2.10. The van der Waals surface area contributed by atoms with E-state index < -0.39 is 0 Å². The fraction of sp³-hybridized carbons (Fsp3) is 0.250. The highest BCUT2D eigenvalue weighted by atomic mass is 35.5. The number of hydrogen-bond donors (Lipinski definition) is 0. The molecule has 0 radical (unpaired) electrons.